The van der Waals surface area contributed by atoms with Crippen molar-refractivity contribution < 1.29 is 4.79 Å². The third kappa shape index (κ3) is 4.34. The van der Waals surface area contributed by atoms with Gasteiger partial charge < -0.3 is 5.32 Å². The molecule has 0 saturated carbocycles. The summed E-state index contributed by atoms with van der Waals surface area (Å²) in [4.78, 5) is 18.9. The lowest BCUT2D eigenvalue weighted by Crippen LogP contribution is -2.34. The van der Waals surface area contributed by atoms with Gasteiger partial charge in [0.05, 0.1) is 6.54 Å². The minimum atomic E-state index is -0.355. The van der Waals surface area contributed by atoms with Crippen LogP contribution in [0.5, 0.6) is 0 Å². The average Bonchev–Trinajstić information content (AvgIpc) is 3.10. The van der Waals surface area contributed by atoms with E-state index in [1.807, 2.05) is 73.6 Å². The predicted molar refractivity (Wildman–Crippen MR) is 102 cm³/mol. The van der Waals surface area contributed by atoms with Crippen molar-refractivity contribution in [1.29, 1.82) is 0 Å². The number of nitrogens with one attached hydrogen (secondary N) is 1. The Morgan fingerprint density at radius 2 is 1.88 bits per heavy atom. The molecule has 134 valence electrons. The van der Waals surface area contributed by atoms with Gasteiger partial charge in [0.1, 0.15) is 6.04 Å². The van der Waals surface area contributed by atoms with Crippen molar-refractivity contribution in [3.8, 4) is 0 Å². The van der Waals surface area contributed by atoms with Crippen LogP contribution in [0.2, 0.25) is 0 Å². The third-order valence-electron chi connectivity index (χ3n) is 4.29. The molecular weight excluding hydrogens is 326 g/mol. The minimum Gasteiger partial charge on any atom is -0.308 e. The van der Waals surface area contributed by atoms with Crippen LogP contribution in [0.4, 0.5) is 5.82 Å². The number of carbonyl (C=O) groups is 1. The van der Waals surface area contributed by atoms with Gasteiger partial charge in [-0.25, -0.2) is 0 Å². The second-order valence-corrected chi connectivity index (χ2v) is 6.13. The van der Waals surface area contributed by atoms with Gasteiger partial charge in [-0.05, 0) is 36.9 Å². The van der Waals surface area contributed by atoms with Crippen molar-refractivity contribution in [3.05, 3.63) is 78.2 Å². The lowest BCUT2D eigenvalue weighted by Gasteiger charge is -2.25. The van der Waals surface area contributed by atoms with Crippen LogP contribution >= 0.6 is 0 Å². The summed E-state index contributed by atoms with van der Waals surface area (Å²) in [6.07, 6.45) is 5.37. The maximum Gasteiger partial charge on any atom is 0.247 e. The molecule has 1 atom stereocenters. The van der Waals surface area contributed by atoms with Gasteiger partial charge in [-0.15, -0.1) is 0 Å². The Bertz CT molecular complexity index is 832. The molecule has 0 radical (unpaired) electrons. The summed E-state index contributed by atoms with van der Waals surface area (Å²) in [5, 5.41) is 7.39. The van der Waals surface area contributed by atoms with Gasteiger partial charge in [-0.3, -0.25) is 19.4 Å². The molecule has 1 aromatic carbocycles. The van der Waals surface area contributed by atoms with Gasteiger partial charge >= 0.3 is 0 Å². The van der Waals surface area contributed by atoms with Crippen LogP contribution in [-0.4, -0.2) is 39.2 Å². The summed E-state index contributed by atoms with van der Waals surface area (Å²) >= 11 is 0. The summed E-state index contributed by atoms with van der Waals surface area (Å²) in [7, 11) is 1.94. The van der Waals surface area contributed by atoms with Gasteiger partial charge in [0.25, 0.3) is 0 Å². The number of benzene rings is 1. The molecule has 3 rings (SSSR count). The molecule has 1 N–H and O–H groups in total. The topological polar surface area (TPSA) is 63.1 Å². The molecule has 0 aliphatic heterocycles. The first-order valence-electron chi connectivity index (χ1n) is 8.65. The minimum absolute atomic E-state index is 0.0882. The number of hydrogen-bond acceptors (Lipinski definition) is 4. The second-order valence-electron chi connectivity index (χ2n) is 6.13. The molecule has 0 spiro atoms. The Morgan fingerprint density at radius 3 is 2.58 bits per heavy atom. The zero-order chi connectivity index (χ0) is 18.4. The second kappa shape index (κ2) is 8.40. The highest BCUT2D eigenvalue weighted by molar-refractivity contribution is 5.94. The van der Waals surface area contributed by atoms with Crippen LogP contribution in [0.15, 0.2) is 67.1 Å². The fraction of sp³-hybridized carbons (Fsp3) is 0.250. The molecule has 1 amide bonds. The molecule has 0 aliphatic rings. The zero-order valence-electron chi connectivity index (χ0n) is 15.0. The summed E-state index contributed by atoms with van der Waals surface area (Å²) in [6, 6.07) is 15.1. The van der Waals surface area contributed by atoms with Crippen molar-refractivity contribution in [1.82, 2.24) is 19.7 Å². The molecule has 0 bridgehead atoms. The van der Waals surface area contributed by atoms with Gasteiger partial charge in [0, 0.05) is 24.7 Å². The lowest BCUT2D eigenvalue weighted by molar-refractivity contribution is -0.121. The van der Waals surface area contributed by atoms with E-state index >= 15 is 0 Å². The van der Waals surface area contributed by atoms with E-state index in [4.69, 9.17) is 0 Å². The Hall–Kier alpha value is -2.99. The number of rotatable bonds is 7. The molecule has 0 saturated heterocycles. The van der Waals surface area contributed by atoms with Crippen LogP contribution in [0.3, 0.4) is 0 Å². The van der Waals surface area contributed by atoms with Gasteiger partial charge in [0.15, 0.2) is 5.82 Å². The van der Waals surface area contributed by atoms with Crippen LogP contribution < -0.4 is 5.32 Å². The third-order valence-corrected chi connectivity index (χ3v) is 4.29. The van der Waals surface area contributed by atoms with E-state index in [0.717, 1.165) is 17.7 Å². The zero-order valence-corrected chi connectivity index (χ0v) is 15.0. The number of pyridine rings is 1. The van der Waals surface area contributed by atoms with Gasteiger partial charge in [0.2, 0.25) is 5.91 Å². The molecule has 0 fully saturated rings. The number of hydrogen-bond donors (Lipinski definition) is 1. The van der Waals surface area contributed by atoms with Crippen LogP contribution in [0.1, 0.15) is 24.1 Å². The Morgan fingerprint density at radius 1 is 1.15 bits per heavy atom. The molecule has 26 heavy (non-hydrogen) atoms. The largest absolute Gasteiger partial charge is 0.308 e. The Kier molecular flexibility index (Phi) is 5.76. The summed E-state index contributed by atoms with van der Waals surface area (Å²) < 4.78 is 1.80. The van der Waals surface area contributed by atoms with E-state index in [9.17, 15) is 4.79 Å². The smallest absolute Gasteiger partial charge is 0.247 e. The highest BCUT2D eigenvalue weighted by atomic mass is 16.2. The van der Waals surface area contributed by atoms with Crippen LogP contribution in [0.25, 0.3) is 0 Å². The normalized spacial score (nSPS) is 12.1. The standard InChI is InChI=1S/C20H23N5O/c1-3-24(2)19(17-7-5-4-6-8-17)20(26)22-18-11-14-25(23-18)15-16-9-12-21-13-10-16/h4-14,19H,3,15H2,1-2H3,(H,22,23,26). The SMILES string of the molecule is CCN(C)C(C(=O)Nc1ccn(Cc2ccncc2)n1)c1ccccc1. The van der Waals surface area contributed by atoms with Crippen LogP contribution in [-0.2, 0) is 11.3 Å². The average molecular weight is 349 g/mol. The summed E-state index contributed by atoms with van der Waals surface area (Å²) in [5.74, 6) is 0.462. The molecule has 3 aromatic rings. The number of aromatic nitrogens is 3. The highest BCUT2D eigenvalue weighted by Gasteiger charge is 2.24. The molecule has 6 heteroatoms. The molecule has 1 unspecified atom stereocenters. The van der Waals surface area contributed by atoms with E-state index < -0.39 is 0 Å². The maximum absolute atomic E-state index is 12.9. The van der Waals surface area contributed by atoms with Crippen molar-refractivity contribution in [2.45, 2.75) is 19.5 Å². The predicted octanol–water partition coefficient (Wildman–Crippen LogP) is 2.96. The Balaban J connectivity index is 1.72. The summed E-state index contributed by atoms with van der Waals surface area (Å²) in [6.45, 7) is 3.44. The number of amides is 1. The van der Waals surface area contributed by atoms with Crippen molar-refractivity contribution in [3.63, 3.8) is 0 Å². The van der Waals surface area contributed by atoms with Gasteiger partial charge in [-0.1, -0.05) is 37.3 Å². The number of carbonyl (C=O) groups excluding carboxylic acids is 1. The number of anilines is 1. The Labute approximate surface area is 153 Å². The molecule has 0 aliphatic carbocycles. The fourth-order valence-electron chi connectivity index (χ4n) is 2.81. The van der Waals surface area contributed by atoms with E-state index in [1.54, 1.807) is 17.1 Å². The molecular formula is C20H23N5O. The monoisotopic (exact) mass is 349 g/mol. The number of nitrogens with zero attached hydrogens (tertiary/aromatic N) is 4. The van der Waals surface area contributed by atoms with Crippen LogP contribution in [0, 0.1) is 0 Å². The summed E-state index contributed by atoms with van der Waals surface area (Å²) in [5.41, 5.74) is 2.07. The van der Waals surface area contributed by atoms with Crippen molar-refractivity contribution in [2.75, 3.05) is 18.9 Å². The molecule has 2 heterocycles. The first-order chi connectivity index (χ1) is 12.7. The first-order valence-corrected chi connectivity index (χ1v) is 8.65. The number of likely N-dealkylation sites (N-methyl/N-ethyl adjacent to an activating group) is 1. The molecule has 2 aromatic heterocycles. The fourth-order valence-corrected chi connectivity index (χ4v) is 2.81. The highest BCUT2D eigenvalue weighted by Crippen LogP contribution is 2.21. The van der Waals surface area contributed by atoms with E-state index in [-0.39, 0.29) is 11.9 Å². The van der Waals surface area contributed by atoms with Crippen molar-refractivity contribution >= 4 is 11.7 Å². The van der Waals surface area contributed by atoms with E-state index in [2.05, 4.69) is 15.4 Å². The quantitative estimate of drug-likeness (QED) is 0.712. The van der Waals surface area contributed by atoms with E-state index in [1.165, 1.54) is 0 Å². The first kappa shape index (κ1) is 17.8. The lowest BCUT2D eigenvalue weighted by atomic mass is 10.0. The van der Waals surface area contributed by atoms with Crippen molar-refractivity contribution in [2.24, 2.45) is 0 Å². The van der Waals surface area contributed by atoms with Gasteiger partial charge in [-0.2, -0.15) is 5.10 Å². The van der Waals surface area contributed by atoms with E-state index in [0.29, 0.717) is 12.4 Å². The maximum atomic E-state index is 12.9. The molecule has 6 nitrogen and oxygen atoms in total.